The number of piperidine rings is 1. The lowest BCUT2D eigenvalue weighted by Gasteiger charge is -2.35. The molecule has 2 N–H and O–H groups in total. The Bertz CT molecular complexity index is 1160. The lowest BCUT2D eigenvalue weighted by molar-refractivity contribution is -0.159. The summed E-state index contributed by atoms with van der Waals surface area (Å²) in [5.74, 6) is -1.66. The van der Waals surface area contributed by atoms with E-state index in [1.54, 1.807) is 34.8 Å². The van der Waals surface area contributed by atoms with Gasteiger partial charge >= 0.3 is 18.1 Å². The summed E-state index contributed by atoms with van der Waals surface area (Å²) in [6, 6.07) is 5.54. The molecule has 3 amide bonds. The number of anilines is 1. The third-order valence-electron chi connectivity index (χ3n) is 5.47. The van der Waals surface area contributed by atoms with Gasteiger partial charge in [0.15, 0.2) is 5.82 Å². The number of amides is 3. The summed E-state index contributed by atoms with van der Waals surface area (Å²) in [6.45, 7) is 0.827. The highest BCUT2D eigenvalue weighted by Gasteiger charge is 2.38. The van der Waals surface area contributed by atoms with E-state index in [1.165, 1.54) is 18.3 Å². The third kappa shape index (κ3) is 5.18. The number of likely N-dealkylation sites (tertiary alicyclic amines) is 1. The molecule has 180 valence electrons. The molecule has 1 aromatic carbocycles. The molecule has 13 heteroatoms. The van der Waals surface area contributed by atoms with Crippen molar-refractivity contribution in [1.29, 1.82) is 0 Å². The van der Waals surface area contributed by atoms with Crippen LogP contribution in [0.15, 0.2) is 41.2 Å². The van der Waals surface area contributed by atoms with Crippen LogP contribution >= 0.6 is 0 Å². The number of urea groups is 1. The second-order valence-electron chi connectivity index (χ2n) is 7.84. The van der Waals surface area contributed by atoms with Crippen LogP contribution in [0, 0.1) is 0 Å². The fourth-order valence-electron chi connectivity index (χ4n) is 3.71. The molecule has 4 rings (SSSR count). The first kappa shape index (κ1) is 23.3. The number of alkyl halides is 3. The lowest BCUT2D eigenvalue weighted by Crippen LogP contribution is -2.51. The van der Waals surface area contributed by atoms with Crippen molar-refractivity contribution >= 4 is 17.6 Å². The first-order chi connectivity index (χ1) is 16.2. The van der Waals surface area contributed by atoms with Gasteiger partial charge in [-0.05, 0) is 43.5 Å². The molecule has 10 nitrogen and oxygen atoms in total. The number of halogens is 3. The smallest absolute Gasteiger partial charge is 0.347 e. The molecule has 1 saturated heterocycles. The molecule has 3 heterocycles. The highest BCUT2D eigenvalue weighted by atomic mass is 19.4. The summed E-state index contributed by atoms with van der Waals surface area (Å²) in [6.07, 6.45) is 1.01. The Morgan fingerprint density at radius 2 is 1.97 bits per heavy atom. The molecule has 1 unspecified atom stereocenters. The van der Waals surface area contributed by atoms with Crippen LogP contribution in [-0.4, -0.2) is 55.7 Å². The van der Waals surface area contributed by atoms with E-state index in [0.29, 0.717) is 17.8 Å². The number of hydrogen-bond donors (Lipinski definition) is 2. The number of nitrogens with zero attached hydrogens (tertiary/aromatic N) is 5. The van der Waals surface area contributed by atoms with Crippen LogP contribution in [-0.2, 0) is 13.2 Å². The Hall–Kier alpha value is -3.90. The second-order valence-corrected chi connectivity index (χ2v) is 7.84. The quantitative estimate of drug-likeness (QED) is 0.582. The number of imidazole rings is 1. The van der Waals surface area contributed by atoms with E-state index in [9.17, 15) is 22.8 Å². The Morgan fingerprint density at radius 1 is 1.21 bits per heavy atom. The zero-order valence-corrected chi connectivity index (χ0v) is 18.2. The van der Waals surface area contributed by atoms with E-state index in [4.69, 9.17) is 0 Å². The van der Waals surface area contributed by atoms with Crippen LogP contribution in [0.2, 0.25) is 0 Å². The number of nitrogens with one attached hydrogen (secondary N) is 2. The van der Waals surface area contributed by atoms with Crippen LogP contribution in [0.3, 0.4) is 0 Å². The third-order valence-corrected chi connectivity index (χ3v) is 5.47. The minimum Gasteiger partial charge on any atom is -0.347 e. The van der Waals surface area contributed by atoms with Gasteiger partial charge in [-0.25, -0.2) is 9.78 Å². The van der Waals surface area contributed by atoms with Gasteiger partial charge in [0.1, 0.15) is 0 Å². The number of benzene rings is 1. The molecule has 2 aromatic heterocycles. The van der Waals surface area contributed by atoms with E-state index in [2.05, 4.69) is 30.3 Å². The van der Waals surface area contributed by atoms with Crippen LogP contribution in [0.25, 0.3) is 11.4 Å². The van der Waals surface area contributed by atoms with E-state index < -0.39 is 12.1 Å². The normalized spacial score (nSPS) is 16.4. The highest BCUT2D eigenvalue weighted by Crippen LogP contribution is 2.29. The molecule has 34 heavy (non-hydrogen) atoms. The maximum atomic E-state index is 12.9. The van der Waals surface area contributed by atoms with Gasteiger partial charge in [-0.3, -0.25) is 4.79 Å². The van der Waals surface area contributed by atoms with Crippen molar-refractivity contribution in [2.24, 2.45) is 7.05 Å². The summed E-state index contributed by atoms with van der Waals surface area (Å²) < 4.78 is 43.8. The zero-order valence-electron chi connectivity index (χ0n) is 18.2. The minimum atomic E-state index is -4.72. The van der Waals surface area contributed by atoms with Gasteiger partial charge in [0.25, 0.3) is 5.91 Å². The van der Waals surface area contributed by atoms with E-state index in [0.717, 1.165) is 19.3 Å². The van der Waals surface area contributed by atoms with Gasteiger partial charge in [0.2, 0.25) is 5.82 Å². The van der Waals surface area contributed by atoms with Crippen molar-refractivity contribution in [2.75, 3.05) is 18.4 Å². The Morgan fingerprint density at radius 3 is 2.62 bits per heavy atom. The first-order valence-electron chi connectivity index (χ1n) is 10.6. The van der Waals surface area contributed by atoms with E-state index in [-0.39, 0.29) is 36.2 Å². The molecule has 1 atom stereocenters. The molecular weight excluding hydrogens is 455 g/mol. The fraction of sp³-hybridized carbons (Fsp3) is 0.381. The molecule has 1 aliphatic heterocycles. The first-order valence-corrected chi connectivity index (χ1v) is 10.6. The van der Waals surface area contributed by atoms with Gasteiger partial charge in [-0.15, -0.1) is 0 Å². The number of carbonyl (C=O) groups excluding carboxylic acids is 2. The largest absolute Gasteiger partial charge is 0.471 e. The molecule has 0 saturated carbocycles. The predicted molar refractivity (Wildman–Crippen MR) is 114 cm³/mol. The second kappa shape index (κ2) is 9.53. The average Bonchev–Trinajstić information content (AvgIpc) is 3.48. The van der Waals surface area contributed by atoms with Crippen molar-refractivity contribution in [2.45, 2.75) is 31.5 Å². The molecule has 0 bridgehead atoms. The zero-order chi connectivity index (χ0) is 24.3. The summed E-state index contributed by atoms with van der Waals surface area (Å²) in [5.41, 5.74) is 0.764. The molecule has 0 aliphatic carbocycles. The van der Waals surface area contributed by atoms with Crippen molar-refractivity contribution < 1.29 is 27.3 Å². The number of aromatic nitrogens is 4. The van der Waals surface area contributed by atoms with Gasteiger partial charge in [-0.1, -0.05) is 5.16 Å². The number of hydrogen-bond acceptors (Lipinski definition) is 6. The fourth-order valence-corrected chi connectivity index (χ4v) is 3.71. The lowest BCUT2D eigenvalue weighted by atomic mass is 10.0. The van der Waals surface area contributed by atoms with Crippen molar-refractivity contribution in [3.8, 4) is 11.4 Å². The van der Waals surface area contributed by atoms with E-state index >= 15 is 0 Å². The summed E-state index contributed by atoms with van der Waals surface area (Å²) in [5, 5.41) is 8.97. The highest BCUT2D eigenvalue weighted by molar-refractivity contribution is 5.91. The SMILES string of the molecule is Cn1ccnc1C(=O)NCC1CCCCN1C(=O)Nc1ccc(-c2noc(C(F)(F)F)n2)cc1. The summed E-state index contributed by atoms with van der Waals surface area (Å²) in [4.78, 5) is 34.3. The molecule has 1 aliphatic rings. The molecule has 3 aromatic rings. The van der Waals surface area contributed by atoms with Gasteiger partial charge in [0.05, 0.1) is 6.04 Å². The molecular formula is C21H22F3N7O3. The summed E-state index contributed by atoms with van der Waals surface area (Å²) >= 11 is 0. The Labute approximate surface area is 192 Å². The number of aryl methyl sites for hydroxylation is 1. The van der Waals surface area contributed by atoms with Crippen molar-refractivity contribution in [3.63, 3.8) is 0 Å². The maximum absolute atomic E-state index is 12.9. The van der Waals surface area contributed by atoms with Crippen LogP contribution in [0.5, 0.6) is 0 Å². The average molecular weight is 477 g/mol. The van der Waals surface area contributed by atoms with Gasteiger partial charge in [-0.2, -0.15) is 18.2 Å². The predicted octanol–water partition coefficient (Wildman–Crippen LogP) is 3.31. The van der Waals surface area contributed by atoms with Crippen LogP contribution < -0.4 is 10.6 Å². The Balaban J connectivity index is 1.37. The number of rotatable bonds is 5. The summed E-state index contributed by atoms with van der Waals surface area (Å²) in [7, 11) is 1.72. The standard InChI is InChI=1S/C21H22F3N7O3/c1-30-11-9-25-17(30)18(32)26-12-15-4-2-3-10-31(15)20(33)27-14-7-5-13(6-8-14)16-28-19(34-29-16)21(22,23)24/h5-9,11,15H,2-4,10,12H2,1H3,(H,26,32)(H,27,33). The van der Waals surface area contributed by atoms with Crippen LogP contribution in [0.1, 0.15) is 35.8 Å². The van der Waals surface area contributed by atoms with Crippen molar-refractivity contribution in [1.82, 2.24) is 29.9 Å². The van der Waals surface area contributed by atoms with Gasteiger partial charge in [0, 0.05) is 43.8 Å². The Kier molecular flexibility index (Phi) is 6.52. The molecule has 1 fully saturated rings. The van der Waals surface area contributed by atoms with Gasteiger partial charge < -0.3 is 24.6 Å². The monoisotopic (exact) mass is 477 g/mol. The van der Waals surface area contributed by atoms with Crippen LogP contribution in [0.4, 0.5) is 23.7 Å². The molecule has 0 radical (unpaired) electrons. The minimum absolute atomic E-state index is 0.183. The maximum Gasteiger partial charge on any atom is 0.471 e. The molecule has 0 spiro atoms. The van der Waals surface area contributed by atoms with Crippen molar-refractivity contribution in [3.05, 3.63) is 48.4 Å². The van der Waals surface area contributed by atoms with E-state index in [1.807, 2.05) is 0 Å². The topological polar surface area (TPSA) is 118 Å². The number of carbonyl (C=O) groups is 2.